The third kappa shape index (κ3) is 6.61. The minimum atomic E-state index is 0.397. The van der Waals surface area contributed by atoms with Crippen molar-refractivity contribution in [1.29, 1.82) is 0 Å². The first-order valence-electron chi connectivity index (χ1n) is 5.68. The Morgan fingerprint density at radius 2 is 1.53 bits per heavy atom. The molecule has 0 atom stereocenters. The maximum absolute atomic E-state index is 5.20. The van der Waals surface area contributed by atoms with Gasteiger partial charge in [-0.15, -0.1) is 0 Å². The average molecular weight is 228 g/mol. The van der Waals surface area contributed by atoms with Crippen molar-refractivity contribution in [1.82, 2.24) is 5.32 Å². The maximum Gasteiger partial charge on any atom is 0.0973 e. The van der Waals surface area contributed by atoms with Crippen LogP contribution in [0.4, 0.5) is 0 Å². The minimum Gasteiger partial charge on any atom is -0.376 e. The Balaban J connectivity index is 4.28. The number of hydrogen-bond acceptors (Lipinski definition) is 2. The van der Waals surface area contributed by atoms with E-state index in [1.54, 1.807) is 0 Å². The molecule has 0 bridgehead atoms. The highest BCUT2D eigenvalue weighted by Gasteiger charge is 2.09. The van der Waals surface area contributed by atoms with Gasteiger partial charge in [0.15, 0.2) is 0 Å². The summed E-state index contributed by atoms with van der Waals surface area (Å²) in [5.41, 5.74) is 1.25. The van der Waals surface area contributed by atoms with E-state index in [0.29, 0.717) is 24.4 Å². The first-order chi connectivity index (χ1) is 6.84. The lowest BCUT2D eigenvalue weighted by molar-refractivity contribution is 0.730. The molecule has 0 aliphatic rings. The molecule has 0 fully saturated rings. The summed E-state index contributed by atoms with van der Waals surface area (Å²) in [7, 11) is 0. The monoisotopic (exact) mass is 228 g/mol. The van der Waals surface area contributed by atoms with Gasteiger partial charge >= 0.3 is 0 Å². The second kappa shape index (κ2) is 6.94. The van der Waals surface area contributed by atoms with Gasteiger partial charge in [-0.2, -0.15) is 0 Å². The molecule has 0 aromatic rings. The van der Waals surface area contributed by atoms with Gasteiger partial charge in [-0.05, 0) is 25.7 Å². The number of thiocarbonyl (C=S) groups is 1. The van der Waals surface area contributed by atoms with Crippen LogP contribution in [0, 0.1) is 11.8 Å². The summed E-state index contributed by atoms with van der Waals surface area (Å²) >= 11 is 5.20. The van der Waals surface area contributed by atoms with Gasteiger partial charge in [-0.3, -0.25) is 4.99 Å². The quantitative estimate of drug-likeness (QED) is 0.578. The van der Waals surface area contributed by atoms with Crippen LogP contribution in [-0.2, 0) is 0 Å². The lowest BCUT2D eigenvalue weighted by Gasteiger charge is -2.15. The van der Waals surface area contributed by atoms with Crippen LogP contribution in [0.25, 0.3) is 0 Å². The van der Waals surface area contributed by atoms with Crippen LogP contribution in [0.1, 0.15) is 41.5 Å². The largest absolute Gasteiger partial charge is 0.376 e. The van der Waals surface area contributed by atoms with Gasteiger partial charge in [0.1, 0.15) is 0 Å². The molecule has 0 saturated carbocycles. The number of aliphatic imine (C=N–C) groups is 1. The molecule has 0 aromatic heterocycles. The Morgan fingerprint density at radius 1 is 1.07 bits per heavy atom. The fourth-order valence-electron chi connectivity index (χ4n) is 1.56. The number of nitrogens with zero attached hydrogens (tertiary/aromatic N) is 1. The van der Waals surface area contributed by atoms with Gasteiger partial charge in [-0.25, -0.2) is 0 Å². The van der Waals surface area contributed by atoms with Crippen molar-refractivity contribution in [3.05, 3.63) is 0 Å². The summed E-state index contributed by atoms with van der Waals surface area (Å²) in [5, 5.41) is 3.20. The first-order valence-corrected chi connectivity index (χ1v) is 6.09. The topological polar surface area (TPSA) is 24.4 Å². The molecule has 0 saturated heterocycles. The Bertz CT molecular complexity index is 220. The Morgan fingerprint density at radius 3 is 1.87 bits per heavy atom. The standard InChI is InChI=1S/C12H24N2S/c1-8(2)12(9(3)4)13-7-11(15)14-10(5)6/h8-10H,7H2,1-6H3,(H,14,15). The Labute approximate surface area is 99.6 Å². The van der Waals surface area contributed by atoms with Crippen molar-refractivity contribution in [2.45, 2.75) is 47.6 Å². The van der Waals surface area contributed by atoms with Crippen LogP contribution >= 0.6 is 12.2 Å². The molecule has 0 aromatic carbocycles. The molecular formula is C12H24N2S. The third-order valence-corrected chi connectivity index (χ3v) is 2.28. The third-order valence-electron chi connectivity index (χ3n) is 2.04. The highest BCUT2D eigenvalue weighted by atomic mass is 32.1. The van der Waals surface area contributed by atoms with E-state index in [0.717, 1.165) is 4.99 Å². The van der Waals surface area contributed by atoms with Gasteiger partial charge in [0.05, 0.1) is 11.5 Å². The van der Waals surface area contributed by atoms with Crippen molar-refractivity contribution in [2.75, 3.05) is 6.54 Å². The fraction of sp³-hybridized carbons (Fsp3) is 0.833. The molecule has 0 rings (SSSR count). The molecule has 1 N–H and O–H groups in total. The van der Waals surface area contributed by atoms with Crippen LogP contribution in [0.2, 0.25) is 0 Å². The first kappa shape index (κ1) is 14.6. The van der Waals surface area contributed by atoms with Gasteiger partial charge in [0, 0.05) is 11.8 Å². The van der Waals surface area contributed by atoms with Crippen molar-refractivity contribution in [2.24, 2.45) is 16.8 Å². The van der Waals surface area contributed by atoms with E-state index in [1.165, 1.54) is 5.71 Å². The summed E-state index contributed by atoms with van der Waals surface area (Å²) < 4.78 is 0. The van der Waals surface area contributed by atoms with Crippen molar-refractivity contribution < 1.29 is 0 Å². The number of nitrogens with one attached hydrogen (secondary N) is 1. The highest BCUT2D eigenvalue weighted by Crippen LogP contribution is 2.07. The lowest BCUT2D eigenvalue weighted by Crippen LogP contribution is -2.31. The smallest absolute Gasteiger partial charge is 0.0973 e. The van der Waals surface area contributed by atoms with E-state index in [9.17, 15) is 0 Å². The van der Waals surface area contributed by atoms with E-state index in [-0.39, 0.29) is 0 Å². The summed E-state index contributed by atoms with van der Waals surface area (Å²) in [4.78, 5) is 5.43. The zero-order chi connectivity index (χ0) is 12.0. The van der Waals surface area contributed by atoms with Gasteiger partial charge in [-0.1, -0.05) is 39.9 Å². The van der Waals surface area contributed by atoms with Crippen molar-refractivity contribution in [3.8, 4) is 0 Å². The van der Waals surface area contributed by atoms with E-state index in [2.05, 4.69) is 51.9 Å². The zero-order valence-electron chi connectivity index (χ0n) is 10.8. The summed E-state index contributed by atoms with van der Waals surface area (Å²) in [6.45, 7) is 13.5. The molecule has 0 amide bonds. The van der Waals surface area contributed by atoms with Gasteiger partial charge < -0.3 is 5.32 Å². The Hall–Kier alpha value is -0.440. The van der Waals surface area contributed by atoms with Crippen LogP contribution in [0.15, 0.2) is 4.99 Å². The minimum absolute atomic E-state index is 0.397. The molecule has 15 heavy (non-hydrogen) atoms. The second-order valence-corrected chi connectivity index (χ2v) is 5.27. The summed E-state index contributed by atoms with van der Waals surface area (Å²) in [6, 6.07) is 0.397. The summed E-state index contributed by atoms with van der Waals surface area (Å²) in [5.74, 6) is 1.01. The SMILES string of the molecule is CC(C)NC(=S)CN=C(C(C)C)C(C)C. The zero-order valence-corrected chi connectivity index (χ0v) is 11.6. The highest BCUT2D eigenvalue weighted by molar-refractivity contribution is 7.80. The Kier molecular flexibility index (Phi) is 6.73. The number of rotatable bonds is 5. The summed E-state index contributed by atoms with van der Waals surface area (Å²) in [6.07, 6.45) is 0. The van der Waals surface area contributed by atoms with E-state index in [1.807, 2.05) is 0 Å². The van der Waals surface area contributed by atoms with Crippen LogP contribution in [-0.4, -0.2) is 23.3 Å². The average Bonchev–Trinajstić information content (AvgIpc) is 2.00. The molecule has 0 spiro atoms. The molecule has 2 nitrogen and oxygen atoms in total. The molecule has 0 heterocycles. The molecular weight excluding hydrogens is 204 g/mol. The van der Waals surface area contributed by atoms with Crippen LogP contribution in [0.5, 0.6) is 0 Å². The van der Waals surface area contributed by atoms with Gasteiger partial charge in [0.25, 0.3) is 0 Å². The van der Waals surface area contributed by atoms with Crippen molar-refractivity contribution in [3.63, 3.8) is 0 Å². The van der Waals surface area contributed by atoms with Crippen LogP contribution < -0.4 is 5.32 Å². The molecule has 0 aliphatic heterocycles. The maximum atomic E-state index is 5.20. The predicted octanol–water partition coefficient (Wildman–Crippen LogP) is 3.06. The molecule has 3 heteroatoms. The number of hydrogen-bond donors (Lipinski definition) is 1. The fourth-order valence-corrected chi connectivity index (χ4v) is 1.86. The molecule has 0 aliphatic carbocycles. The second-order valence-electron chi connectivity index (χ2n) is 4.77. The molecule has 0 radical (unpaired) electrons. The van der Waals surface area contributed by atoms with Crippen LogP contribution in [0.3, 0.4) is 0 Å². The van der Waals surface area contributed by atoms with E-state index >= 15 is 0 Å². The van der Waals surface area contributed by atoms with E-state index in [4.69, 9.17) is 12.2 Å². The predicted molar refractivity (Wildman–Crippen MR) is 72.8 cm³/mol. The van der Waals surface area contributed by atoms with E-state index < -0.39 is 0 Å². The molecule has 88 valence electrons. The molecule has 0 unspecified atom stereocenters. The van der Waals surface area contributed by atoms with Crippen molar-refractivity contribution >= 4 is 22.9 Å². The lowest BCUT2D eigenvalue weighted by atomic mass is 9.97. The van der Waals surface area contributed by atoms with Gasteiger partial charge in [0.2, 0.25) is 0 Å². The normalized spacial score (nSPS) is 11.0.